The molecule has 0 spiro atoms. The highest BCUT2D eigenvalue weighted by atomic mass is 16.6. The van der Waals surface area contributed by atoms with E-state index in [9.17, 15) is 14.9 Å². The Balaban J connectivity index is 1.76. The number of ketones is 1. The minimum Gasteiger partial charge on any atom is -0.444 e. The zero-order valence-corrected chi connectivity index (χ0v) is 15.9. The molecular weight excluding hydrogens is 328 g/mol. The topological polar surface area (TPSA) is 70.4 Å². The molecule has 1 aromatic rings. The van der Waals surface area contributed by atoms with Crippen LogP contribution in [-0.4, -0.2) is 34.5 Å². The van der Waals surface area contributed by atoms with Gasteiger partial charge in [0, 0.05) is 23.6 Å². The molecule has 0 aliphatic carbocycles. The molecule has 1 aromatic carbocycles. The van der Waals surface area contributed by atoms with E-state index in [1.54, 1.807) is 12.1 Å². The third-order valence-electron chi connectivity index (χ3n) is 5.27. The number of nitrogens with zero attached hydrogens (tertiary/aromatic N) is 2. The van der Waals surface area contributed by atoms with Gasteiger partial charge in [-0.05, 0) is 71.1 Å². The molecule has 2 aliphatic heterocycles. The maximum Gasteiger partial charge on any atom is 0.410 e. The van der Waals surface area contributed by atoms with E-state index in [2.05, 4.69) is 6.07 Å². The molecule has 1 amide bonds. The van der Waals surface area contributed by atoms with Crippen LogP contribution in [0.5, 0.6) is 0 Å². The molecule has 0 saturated carbocycles. The zero-order valence-electron chi connectivity index (χ0n) is 15.9. The minimum atomic E-state index is -0.521. The van der Waals surface area contributed by atoms with Crippen LogP contribution in [0, 0.1) is 24.2 Å². The van der Waals surface area contributed by atoms with E-state index in [0.29, 0.717) is 24.0 Å². The molecule has 2 unspecified atom stereocenters. The van der Waals surface area contributed by atoms with E-state index >= 15 is 0 Å². The molecule has 0 radical (unpaired) electrons. The van der Waals surface area contributed by atoms with E-state index in [1.807, 2.05) is 38.7 Å². The monoisotopic (exact) mass is 354 g/mol. The fourth-order valence-electron chi connectivity index (χ4n) is 4.19. The number of amides is 1. The lowest BCUT2D eigenvalue weighted by Crippen LogP contribution is -2.49. The smallest absolute Gasteiger partial charge is 0.410 e. The summed E-state index contributed by atoms with van der Waals surface area (Å²) in [4.78, 5) is 27.4. The summed E-state index contributed by atoms with van der Waals surface area (Å²) in [7, 11) is 0. The number of aryl methyl sites for hydroxylation is 1. The predicted molar refractivity (Wildman–Crippen MR) is 97.8 cm³/mol. The molecule has 0 N–H and O–H groups in total. The van der Waals surface area contributed by atoms with Crippen LogP contribution in [0.25, 0.3) is 0 Å². The van der Waals surface area contributed by atoms with Crippen molar-refractivity contribution < 1.29 is 14.3 Å². The highest BCUT2D eigenvalue weighted by Gasteiger charge is 2.46. The van der Waals surface area contributed by atoms with Crippen molar-refractivity contribution in [2.24, 2.45) is 5.92 Å². The first-order chi connectivity index (χ1) is 12.2. The number of nitriles is 1. The van der Waals surface area contributed by atoms with Gasteiger partial charge in [-0.15, -0.1) is 0 Å². The van der Waals surface area contributed by atoms with Crippen LogP contribution in [-0.2, 0) is 4.74 Å². The molecule has 0 aromatic heterocycles. The van der Waals surface area contributed by atoms with Crippen LogP contribution in [0.2, 0.25) is 0 Å². The van der Waals surface area contributed by atoms with Crippen LogP contribution in [0.3, 0.4) is 0 Å². The van der Waals surface area contributed by atoms with E-state index in [-0.39, 0.29) is 29.9 Å². The molecule has 2 aliphatic rings. The van der Waals surface area contributed by atoms with Gasteiger partial charge in [0.05, 0.1) is 11.6 Å². The third-order valence-corrected chi connectivity index (χ3v) is 5.27. The van der Waals surface area contributed by atoms with Gasteiger partial charge in [-0.3, -0.25) is 4.79 Å². The largest absolute Gasteiger partial charge is 0.444 e. The van der Waals surface area contributed by atoms with E-state index in [4.69, 9.17) is 4.74 Å². The summed E-state index contributed by atoms with van der Waals surface area (Å²) in [5.41, 5.74) is 1.40. The number of hydrogen-bond donors (Lipinski definition) is 0. The quantitative estimate of drug-likeness (QED) is 0.745. The Morgan fingerprint density at radius 1 is 1.19 bits per heavy atom. The normalized spacial score (nSPS) is 24.9. The van der Waals surface area contributed by atoms with E-state index < -0.39 is 5.60 Å². The number of fused-ring (bicyclic) bond motifs is 2. The first-order valence-corrected chi connectivity index (χ1v) is 9.26. The summed E-state index contributed by atoms with van der Waals surface area (Å²) in [5, 5.41) is 9.36. The summed E-state index contributed by atoms with van der Waals surface area (Å²) in [5.74, 6) is -0.108. The molecule has 2 saturated heterocycles. The number of Topliss-reactive ketones (excluding diaryl/α,β-unsaturated/α-hetero) is 1. The fraction of sp³-hybridized carbons (Fsp3) is 0.571. The van der Waals surface area contributed by atoms with Crippen LogP contribution in [0.15, 0.2) is 18.2 Å². The average Bonchev–Trinajstić information content (AvgIpc) is 2.83. The first-order valence-electron chi connectivity index (χ1n) is 9.26. The molecule has 3 rings (SSSR count). The number of ether oxygens (including phenoxy) is 1. The number of carbonyl (C=O) groups is 2. The molecule has 2 atom stereocenters. The van der Waals surface area contributed by atoms with Crippen molar-refractivity contribution in [1.82, 2.24) is 4.90 Å². The Bertz CT molecular complexity index is 758. The second-order valence-electron chi connectivity index (χ2n) is 8.47. The second-order valence-corrected chi connectivity index (χ2v) is 8.47. The Labute approximate surface area is 154 Å². The number of hydrogen-bond acceptors (Lipinski definition) is 4. The molecular formula is C21H26N2O3. The van der Waals surface area contributed by atoms with Crippen molar-refractivity contribution in [2.45, 2.75) is 71.1 Å². The van der Waals surface area contributed by atoms with Crippen molar-refractivity contribution in [2.75, 3.05) is 0 Å². The highest BCUT2D eigenvalue weighted by Crippen LogP contribution is 2.41. The lowest BCUT2D eigenvalue weighted by Gasteiger charge is -2.39. The summed E-state index contributed by atoms with van der Waals surface area (Å²) in [6, 6.07) is 7.64. The summed E-state index contributed by atoms with van der Waals surface area (Å²) in [6.45, 7) is 7.51. The fourth-order valence-corrected chi connectivity index (χ4v) is 4.19. The molecule has 138 valence electrons. The summed E-state index contributed by atoms with van der Waals surface area (Å²) >= 11 is 0. The van der Waals surface area contributed by atoms with Crippen LogP contribution in [0.4, 0.5) is 4.79 Å². The molecule has 2 bridgehead atoms. The Hall–Kier alpha value is -2.35. The van der Waals surface area contributed by atoms with E-state index in [1.165, 1.54) is 0 Å². The Morgan fingerprint density at radius 2 is 1.81 bits per heavy atom. The standard InChI is InChI=1S/C21H26N2O3/c1-13-5-8-18(15(9-13)12-22)19(24)14-10-16-6-7-17(11-14)23(16)20(25)26-21(2,3)4/h5,8-9,14,16-17H,6-7,10-11H2,1-4H3. The third kappa shape index (κ3) is 3.60. The number of rotatable bonds is 2. The van der Waals surface area contributed by atoms with Crippen molar-refractivity contribution in [3.63, 3.8) is 0 Å². The van der Waals surface area contributed by atoms with Crippen LogP contribution in [0.1, 0.15) is 67.9 Å². The van der Waals surface area contributed by atoms with Gasteiger partial charge in [0.15, 0.2) is 5.78 Å². The summed E-state index contributed by atoms with van der Waals surface area (Å²) in [6.07, 6.45) is 2.84. The Morgan fingerprint density at radius 3 is 2.35 bits per heavy atom. The maximum atomic E-state index is 13.0. The van der Waals surface area contributed by atoms with Crippen molar-refractivity contribution in [1.29, 1.82) is 5.26 Å². The van der Waals surface area contributed by atoms with Gasteiger partial charge in [-0.25, -0.2) is 4.79 Å². The van der Waals surface area contributed by atoms with Crippen molar-refractivity contribution >= 4 is 11.9 Å². The lowest BCUT2D eigenvalue weighted by molar-refractivity contribution is 0.00254. The van der Waals surface area contributed by atoms with Gasteiger partial charge in [-0.1, -0.05) is 6.07 Å². The SMILES string of the molecule is Cc1ccc(C(=O)C2CC3CCC(C2)N3C(=O)OC(C)(C)C)c(C#N)c1. The molecule has 5 heteroatoms. The molecule has 2 heterocycles. The van der Waals surface area contributed by atoms with E-state index in [0.717, 1.165) is 18.4 Å². The summed E-state index contributed by atoms with van der Waals surface area (Å²) < 4.78 is 5.55. The van der Waals surface area contributed by atoms with Gasteiger partial charge in [0.25, 0.3) is 0 Å². The predicted octanol–water partition coefficient (Wildman–Crippen LogP) is 4.23. The second kappa shape index (κ2) is 6.75. The molecule has 2 fully saturated rings. The average molecular weight is 354 g/mol. The van der Waals surface area contributed by atoms with Gasteiger partial charge in [0.2, 0.25) is 0 Å². The van der Waals surface area contributed by atoms with Crippen molar-refractivity contribution in [3.8, 4) is 6.07 Å². The van der Waals surface area contributed by atoms with Crippen LogP contribution >= 0.6 is 0 Å². The van der Waals surface area contributed by atoms with Gasteiger partial charge in [-0.2, -0.15) is 5.26 Å². The van der Waals surface area contributed by atoms with Gasteiger partial charge < -0.3 is 9.64 Å². The van der Waals surface area contributed by atoms with Crippen LogP contribution < -0.4 is 0 Å². The lowest BCUT2D eigenvalue weighted by atomic mass is 9.83. The molecule has 5 nitrogen and oxygen atoms in total. The zero-order chi connectivity index (χ0) is 19.1. The first kappa shape index (κ1) is 18.4. The van der Waals surface area contributed by atoms with Gasteiger partial charge in [0.1, 0.15) is 5.60 Å². The van der Waals surface area contributed by atoms with Crippen molar-refractivity contribution in [3.05, 3.63) is 34.9 Å². The maximum absolute atomic E-state index is 13.0. The molecule has 26 heavy (non-hydrogen) atoms. The Kier molecular flexibility index (Phi) is 4.79. The number of carbonyl (C=O) groups excluding carboxylic acids is 2. The number of benzene rings is 1. The highest BCUT2D eigenvalue weighted by molar-refractivity contribution is 6.00. The van der Waals surface area contributed by atoms with Gasteiger partial charge >= 0.3 is 6.09 Å². The number of piperidine rings is 1. The minimum absolute atomic E-state index is 0.0299.